The molecule has 1 fully saturated rings. The SMILES string of the molecule is CN1CCN(c2ccc(C(C)(C)C)cc2C(F)(F)F)CC1. The number of likely N-dealkylation sites (N-methyl/N-ethyl adjacent to an activating group) is 1. The van der Waals surface area contributed by atoms with Crippen molar-refractivity contribution in [1.29, 1.82) is 0 Å². The third kappa shape index (κ3) is 3.70. The van der Waals surface area contributed by atoms with Gasteiger partial charge in [0.2, 0.25) is 0 Å². The number of benzene rings is 1. The summed E-state index contributed by atoms with van der Waals surface area (Å²) in [6.45, 7) is 8.63. The quantitative estimate of drug-likeness (QED) is 0.779. The highest BCUT2D eigenvalue weighted by Gasteiger charge is 2.36. The van der Waals surface area contributed by atoms with Gasteiger partial charge in [0, 0.05) is 31.9 Å². The van der Waals surface area contributed by atoms with Crippen molar-refractivity contribution in [3.8, 4) is 0 Å². The first-order chi connectivity index (χ1) is 9.59. The fourth-order valence-electron chi connectivity index (χ4n) is 2.55. The summed E-state index contributed by atoms with van der Waals surface area (Å²) in [6, 6.07) is 4.77. The van der Waals surface area contributed by atoms with E-state index in [9.17, 15) is 13.2 Å². The first kappa shape index (κ1) is 16.1. The number of anilines is 1. The Morgan fingerprint density at radius 3 is 2.00 bits per heavy atom. The number of nitrogens with zero attached hydrogens (tertiary/aromatic N) is 2. The summed E-state index contributed by atoms with van der Waals surface area (Å²) in [4.78, 5) is 3.97. The molecule has 118 valence electrons. The van der Waals surface area contributed by atoms with Gasteiger partial charge < -0.3 is 9.80 Å². The standard InChI is InChI=1S/C16H23F3N2/c1-15(2,3)12-5-6-14(13(11-12)16(17,18)19)21-9-7-20(4)8-10-21/h5-6,11H,7-10H2,1-4H3. The smallest absolute Gasteiger partial charge is 0.368 e. The molecule has 1 aliphatic rings. The van der Waals surface area contributed by atoms with Crippen molar-refractivity contribution in [2.45, 2.75) is 32.4 Å². The second-order valence-corrected chi connectivity index (χ2v) is 6.77. The van der Waals surface area contributed by atoms with Crippen LogP contribution in [0.3, 0.4) is 0 Å². The lowest BCUT2D eigenvalue weighted by Crippen LogP contribution is -2.45. The van der Waals surface area contributed by atoms with Crippen LogP contribution < -0.4 is 4.90 Å². The van der Waals surface area contributed by atoms with Crippen LogP contribution in [0, 0.1) is 0 Å². The van der Waals surface area contributed by atoms with E-state index in [0.29, 0.717) is 24.3 Å². The summed E-state index contributed by atoms with van der Waals surface area (Å²) in [5.74, 6) is 0. The minimum absolute atomic E-state index is 0.291. The van der Waals surface area contributed by atoms with Crippen LogP contribution in [-0.2, 0) is 11.6 Å². The molecule has 0 aliphatic carbocycles. The maximum atomic E-state index is 13.4. The van der Waals surface area contributed by atoms with Crippen molar-refractivity contribution in [1.82, 2.24) is 4.90 Å². The number of piperazine rings is 1. The van der Waals surface area contributed by atoms with Crippen LogP contribution in [0.4, 0.5) is 18.9 Å². The molecule has 5 heteroatoms. The van der Waals surface area contributed by atoms with Crippen LogP contribution >= 0.6 is 0 Å². The Bertz CT molecular complexity index is 495. The van der Waals surface area contributed by atoms with Crippen LogP contribution in [0.1, 0.15) is 31.9 Å². The zero-order chi connectivity index (χ0) is 15.8. The van der Waals surface area contributed by atoms with Crippen LogP contribution in [0.25, 0.3) is 0 Å². The molecule has 2 nitrogen and oxygen atoms in total. The first-order valence-corrected chi connectivity index (χ1v) is 7.24. The maximum absolute atomic E-state index is 13.4. The van der Waals surface area contributed by atoms with Crippen molar-refractivity contribution in [2.24, 2.45) is 0 Å². The Hall–Kier alpha value is -1.23. The third-order valence-electron chi connectivity index (χ3n) is 4.01. The van der Waals surface area contributed by atoms with Crippen molar-refractivity contribution < 1.29 is 13.2 Å². The Balaban J connectivity index is 2.41. The lowest BCUT2D eigenvalue weighted by atomic mass is 9.85. The molecule has 0 radical (unpaired) electrons. The van der Waals surface area contributed by atoms with E-state index < -0.39 is 11.7 Å². The maximum Gasteiger partial charge on any atom is 0.418 e. The van der Waals surface area contributed by atoms with Gasteiger partial charge in [0.1, 0.15) is 0 Å². The molecule has 1 aliphatic heterocycles. The Morgan fingerprint density at radius 2 is 1.52 bits per heavy atom. The second kappa shape index (κ2) is 5.52. The molecule has 0 atom stereocenters. The summed E-state index contributed by atoms with van der Waals surface area (Å²) >= 11 is 0. The normalized spacial score (nSPS) is 18.1. The number of hydrogen-bond donors (Lipinski definition) is 0. The molecule has 1 aromatic carbocycles. The summed E-state index contributed by atoms with van der Waals surface area (Å²) < 4.78 is 40.2. The summed E-state index contributed by atoms with van der Waals surface area (Å²) in [6.07, 6.45) is -4.32. The van der Waals surface area contributed by atoms with Gasteiger partial charge in [-0.15, -0.1) is 0 Å². The van der Waals surface area contributed by atoms with Gasteiger partial charge >= 0.3 is 6.18 Å². The molecule has 0 unspecified atom stereocenters. The van der Waals surface area contributed by atoms with Gasteiger partial charge in [0.05, 0.1) is 5.56 Å². The predicted octanol–water partition coefficient (Wildman–Crippen LogP) is 3.75. The molecule has 0 spiro atoms. The van der Waals surface area contributed by atoms with Crippen LogP contribution in [0.15, 0.2) is 18.2 Å². The molecular formula is C16H23F3N2. The topological polar surface area (TPSA) is 6.48 Å². The molecule has 1 aromatic rings. The van der Waals surface area contributed by atoms with E-state index >= 15 is 0 Å². The van der Waals surface area contributed by atoms with Gasteiger partial charge in [0.25, 0.3) is 0 Å². The second-order valence-electron chi connectivity index (χ2n) is 6.77. The van der Waals surface area contributed by atoms with Crippen molar-refractivity contribution in [2.75, 3.05) is 38.1 Å². The van der Waals surface area contributed by atoms with Crippen LogP contribution in [-0.4, -0.2) is 38.1 Å². The Kier molecular flexibility index (Phi) is 4.24. The first-order valence-electron chi connectivity index (χ1n) is 7.24. The molecule has 2 rings (SSSR count). The van der Waals surface area contributed by atoms with Crippen molar-refractivity contribution in [3.05, 3.63) is 29.3 Å². The fourth-order valence-corrected chi connectivity index (χ4v) is 2.55. The minimum atomic E-state index is -4.32. The number of rotatable bonds is 1. The average Bonchev–Trinajstić information content (AvgIpc) is 2.37. The van der Waals surface area contributed by atoms with Gasteiger partial charge in [-0.1, -0.05) is 26.8 Å². The van der Waals surface area contributed by atoms with Crippen molar-refractivity contribution >= 4 is 5.69 Å². The molecule has 0 saturated carbocycles. The Labute approximate surface area is 124 Å². The van der Waals surface area contributed by atoms with E-state index in [1.807, 2.05) is 38.8 Å². The zero-order valence-electron chi connectivity index (χ0n) is 13.1. The van der Waals surface area contributed by atoms with E-state index in [1.54, 1.807) is 6.07 Å². The highest BCUT2D eigenvalue weighted by molar-refractivity contribution is 5.57. The molecule has 1 saturated heterocycles. The molecule has 1 heterocycles. The highest BCUT2D eigenvalue weighted by atomic mass is 19.4. The monoisotopic (exact) mass is 300 g/mol. The average molecular weight is 300 g/mol. The van der Waals surface area contributed by atoms with E-state index in [2.05, 4.69) is 4.90 Å². The fraction of sp³-hybridized carbons (Fsp3) is 0.625. The zero-order valence-corrected chi connectivity index (χ0v) is 13.1. The van der Waals surface area contributed by atoms with E-state index in [1.165, 1.54) is 6.07 Å². The molecule has 0 aromatic heterocycles. The number of halogens is 3. The molecule has 0 bridgehead atoms. The minimum Gasteiger partial charge on any atom is -0.368 e. The van der Waals surface area contributed by atoms with Gasteiger partial charge in [0.15, 0.2) is 0 Å². The van der Waals surface area contributed by atoms with Crippen LogP contribution in [0.2, 0.25) is 0 Å². The lowest BCUT2D eigenvalue weighted by Gasteiger charge is -2.36. The van der Waals surface area contributed by atoms with Crippen LogP contribution in [0.5, 0.6) is 0 Å². The van der Waals surface area contributed by atoms with Gasteiger partial charge in [-0.25, -0.2) is 0 Å². The van der Waals surface area contributed by atoms with E-state index in [0.717, 1.165) is 13.1 Å². The van der Waals surface area contributed by atoms with Crippen molar-refractivity contribution in [3.63, 3.8) is 0 Å². The van der Waals surface area contributed by atoms with Gasteiger partial charge in [-0.3, -0.25) is 0 Å². The van der Waals surface area contributed by atoms with E-state index in [-0.39, 0.29) is 5.41 Å². The summed E-state index contributed by atoms with van der Waals surface area (Å²) in [5, 5.41) is 0. The molecule has 0 amide bonds. The molecular weight excluding hydrogens is 277 g/mol. The summed E-state index contributed by atoms with van der Waals surface area (Å²) in [7, 11) is 1.99. The number of alkyl halides is 3. The van der Waals surface area contributed by atoms with E-state index in [4.69, 9.17) is 0 Å². The predicted molar refractivity (Wildman–Crippen MR) is 79.9 cm³/mol. The Morgan fingerprint density at radius 1 is 0.952 bits per heavy atom. The van der Waals surface area contributed by atoms with Gasteiger partial charge in [-0.05, 0) is 30.2 Å². The lowest BCUT2D eigenvalue weighted by molar-refractivity contribution is -0.137. The summed E-state index contributed by atoms with van der Waals surface area (Å²) in [5.41, 5.74) is 0.219. The molecule has 21 heavy (non-hydrogen) atoms. The number of hydrogen-bond acceptors (Lipinski definition) is 2. The third-order valence-corrected chi connectivity index (χ3v) is 4.01. The van der Waals surface area contributed by atoms with Gasteiger partial charge in [-0.2, -0.15) is 13.2 Å². The highest BCUT2D eigenvalue weighted by Crippen LogP contribution is 2.39. The molecule has 0 N–H and O–H groups in total. The largest absolute Gasteiger partial charge is 0.418 e.